The summed E-state index contributed by atoms with van der Waals surface area (Å²) in [4.78, 5) is 0. The molecule has 0 N–H and O–H groups in total. The molecule has 0 heterocycles. The number of alkyl halides is 1. The third-order valence-electron chi connectivity index (χ3n) is 2.35. The molecule has 0 aromatic heterocycles. The largest absolute Gasteiger partial charge is 0.122 e. The van der Waals surface area contributed by atoms with Crippen molar-refractivity contribution >= 4 is 11.6 Å². The van der Waals surface area contributed by atoms with Gasteiger partial charge in [-0.1, -0.05) is 39.0 Å². The Hall–Kier alpha value is -0.490. The molecule has 0 saturated heterocycles. The third kappa shape index (κ3) is 2.47. The molecule has 0 spiro atoms. The topological polar surface area (TPSA) is 0 Å². The lowest BCUT2D eigenvalue weighted by atomic mass is 9.85. The number of hydrogen-bond acceptors (Lipinski definition) is 0. The Balaban J connectivity index is 3.10. The Labute approximate surface area is 85.9 Å². The second-order valence-electron chi connectivity index (χ2n) is 4.52. The van der Waals surface area contributed by atoms with Gasteiger partial charge in [0.2, 0.25) is 0 Å². The lowest BCUT2D eigenvalue weighted by Crippen LogP contribution is -2.11. The number of halogens is 1. The molecule has 0 radical (unpaired) electrons. The fraction of sp³-hybridized carbons (Fsp3) is 0.500. The van der Waals surface area contributed by atoms with Crippen LogP contribution in [0.25, 0.3) is 0 Å². The summed E-state index contributed by atoms with van der Waals surface area (Å²) >= 11 is 5.80. The van der Waals surface area contributed by atoms with Crippen molar-refractivity contribution in [2.75, 3.05) is 0 Å². The van der Waals surface area contributed by atoms with E-state index < -0.39 is 0 Å². The number of hydrogen-bond donors (Lipinski definition) is 0. The van der Waals surface area contributed by atoms with Gasteiger partial charge in [-0.25, -0.2) is 0 Å². The van der Waals surface area contributed by atoms with Crippen LogP contribution in [0, 0.1) is 6.92 Å². The van der Waals surface area contributed by atoms with Gasteiger partial charge in [-0.05, 0) is 29.0 Å². The quantitative estimate of drug-likeness (QED) is 0.595. The molecule has 0 bridgehead atoms. The van der Waals surface area contributed by atoms with Gasteiger partial charge in [0.05, 0.1) is 0 Å². The van der Waals surface area contributed by atoms with Crippen molar-refractivity contribution in [2.45, 2.75) is 39.0 Å². The highest BCUT2D eigenvalue weighted by molar-refractivity contribution is 6.17. The van der Waals surface area contributed by atoms with E-state index in [9.17, 15) is 0 Å². The fourth-order valence-corrected chi connectivity index (χ4v) is 1.61. The Morgan fingerprint density at radius 2 is 1.85 bits per heavy atom. The predicted molar refractivity (Wildman–Crippen MR) is 59.4 cm³/mol. The molecule has 1 heteroatoms. The zero-order chi connectivity index (χ0) is 10.1. The molecular weight excluding hydrogens is 180 g/mol. The Morgan fingerprint density at radius 1 is 1.23 bits per heavy atom. The van der Waals surface area contributed by atoms with Crippen LogP contribution in [0.5, 0.6) is 0 Å². The van der Waals surface area contributed by atoms with Gasteiger partial charge in [0.1, 0.15) is 0 Å². The molecule has 0 fully saturated rings. The summed E-state index contributed by atoms with van der Waals surface area (Å²) < 4.78 is 0. The monoisotopic (exact) mass is 196 g/mol. The van der Waals surface area contributed by atoms with Crippen molar-refractivity contribution in [1.82, 2.24) is 0 Å². The zero-order valence-corrected chi connectivity index (χ0v) is 9.57. The molecule has 0 atom stereocenters. The van der Waals surface area contributed by atoms with E-state index in [0.717, 1.165) is 0 Å². The van der Waals surface area contributed by atoms with Crippen LogP contribution in [0.15, 0.2) is 18.2 Å². The van der Waals surface area contributed by atoms with Crippen LogP contribution in [0.4, 0.5) is 0 Å². The van der Waals surface area contributed by atoms with Gasteiger partial charge >= 0.3 is 0 Å². The first-order valence-corrected chi connectivity index (χ1v) is 5.14. The SMILES string of the molecule is Cc1cc(C(C)(C)C)ccc1CCl. The predicted octanol–water partition coefficient (Wildman–Crippen LogP) is 4.03. The van der Waals surface area contributed by atoms with E-state index in [0.29, 0.717) is 5.88 Å². The van der Waals surface area contributed by atoms with Gasteiger partial charge in [-0.15, -0.1) is 11.6 Å². The average Bonchev–Trinajstić information content (AvgIpc) is 2.02. The zero-order valence-electron chi connectivity index (χ0n) is 8.82. The van der Waals surface area contributed by atoms with Crippen LogP contribution in [-0.2, 0) is 11.3 Å². The minimum atomic E-state index is 0.232. The Bertz CT molecular complexity index is 294. The maximum atomic E-state index is 5.80. The fourth-order valence-electron chi connectivity index (χ4n) is 1.31. The van der Waals surface area contributed by atoms with Crippen LogP contribution >= 0.6 is 11.6 Å². The Morgan fingerprint density at radius 3 is 2.23 bits per heavy atom. The Kier molecular flexibility index (Phi) is 3.02. The van der Waals surface area contributed by atoms with E-state index in [1.54, 1.807) is 0 Å². The normalized spacial score (nSPS) is 11.8. The van der Waals surface area contributed by atoms with E-state index in [1.165, 1.54) is 16.7 Å². The highest BCUT2D eigenvalue weighted by Gasteiger charge is 2.13. The first-order valence-electron chi connectivity index (χ1n) is 4.61. The van der Waals surface area contributed by atoms with Gasteiger partial charge in [0.15, 0.2) is 0 Å². The van der Waals surface area contributed by atoms with Crippen LogP contribution in [-0.4, -0.2) is 0 Å². The molecule has 0 aliphatic rings. The van der Waals surface area contributed by atoms with Crippen molar-refractivity contribution in [2.24, 2.45) is 0 Å². The molecule has 0 aliphatic carbocycles. The van der Waals surface area contributed by atoms with E-state index >= 15 is 0 Å². The molecular formula is C12H17Cl. The minimum absolute atomic E-state index is 0.232. The third-order valence-corrected chi connectivity index (χ3v) is 2.64. The molecule has 1 aromatic rings. The molecule has 72 valence electrons. The minimum Gasteiger partial charge on any atom is -0.122 e. The molecule has 1 rings (SSSR count). The van der Waals surface area contributed by atoms with Crippen molar-refractivity contribution in [1.29, 1.82) is 0 Å². The van der Waals surface area contributed by atoms with Crippen LogP contribution in [0.1, 0.15) is 37.5 Å². The highest BCUT2D eigenvalue weighted by atomic mass is 35.5. The summed E-state index contributed by atoms with van der Waals surface area (Å²) in [5.74, 6) is 0.607. The number of aryl methyl sites for hydroxylation is 1. The van der Waals surface area contributed by atoms with E-state index in [1.807, 2.05) is 0 Å². The average molecular weight is 197 g/mol. The van der Waals surface area contributed by atoms with Gasteiger partial charge in [0.25, 0.3) is 0 Å². The lowest BCUT2D eigenvalue weighted by Gasteiger charge is -2.20. The van der Waals surface area contributed by atoms with Gasteiger partial charge in [-0.2, -0.15) is 0 Å². The molecule has 0 unspecified atom stereocenters. The maximum Gasteiger partial charge on any atom is 0.0476 e. The number of rotatable bonds is 1. The van der Waals surface area contributed by atoms with Gasteiger partial charge in [0, 0.05) is 5.88 Å². The molecule has 1 aromatic carbocycles. The van der Waals surface area contributed by atoms with Crippen molar-refractivity contribution < 1.29 is 0 Å². The summed E-state index contributed by atoms with van der Waals surface area (Å²) in [5, 5.41) is 0. The number of benzene rings is 1. The van der Waals surface area contributed by atoms with Crippen molar-refractivity contribution in [3.8, 4) is 0 Å². The van der Waals surface area contributed by atoms with Crippen LogP contribution < -0.4 is 0 Å². The molecule has 0 amide bonds. The summed E-state index contributed by atoms with van der Waals surface area (Å²) in [6.45, 7) is 8.79. The van der Waals surface area contributed by atoms with Gasteiger partial charge in [-0.3, -0.25) is 0 Å². The summed E-state index contributed by atoms with van der Waals surface area (Å²) in [6.07, 6.45) is 0. The molecule has 13 heavy (non-hydrogen) atoms. The van der Waals surface area contributed by atoms with Crippen molar-refractivity contribution in [3.05, 3.63) is 34.9 Å². The first kappa shape index (κ1) is 10.6. The van der Waals surface area contributed by atoms with E-state index in [-0.39, 0.29) is 5.41 Å². The summed E-state index contributed by atoms with van der Waals surface area (Å²) in [5.41, 5.74) is 4.13. The summed E-state index contributed by atoms with van der Waals surface area (Å²) in [6, 6.07) is 6.53. The maximum absolute atomic E-state index is 5.80. The van der Waals surface area contributed by atoms with E-state index in [2.05, 4.69) is 45.9 Å². The lowest BCUT2D eigenvalue weighted by molar-refractivity contribution is 0.589. The molecule has 0 nitrogen and oxygen atoms in total. The first-order chi connectivity index (χ1) is 5.95. The highest BCUT2D eigenvalue weighted by Crippen LogP contribution is 2.24. The molecule has 0 aliphatic heterocycles. The van der Waals surface area contributed by atoms with Gasteiger partial charge < -0.3 is 0 Å². The second-order valence-corrected chi connectivity index (χ2v) is 4.79. The van der Waals surface area contributed by atoms with E-state index in [4.69, 9.17) is 11.6 Å². The van der Waals surface area contributed by atoms with Crippen molar-refractivity contribution in [3.63, 3.8) is 0 Å². The van der Waals surface area contributed by atoms with Crippen LogP contribution in [0.2, 0.25) is 0 Å². The smallest absolute Gasteiger partial charge is 0.0476 e. The summed E-state index contributed by atoms with van der Waals surface area (Å²) in [7, 11) is 0. The second kappa shape index (κ2) is 3.71. The standard InChI is InChI=1S/C12H17Cl/c1-9-7-11(12(2,3)4)6-5-10(9)8-13/h5-7H,8H2,1-4H3. The molecule has 0 saturated carbocycles. The van der Waals surface area contributed by atoms with Crippen LogP contribution in [0.3, 0.4) is 0 Å².